The summed E-state index contributed by atoms with van der Waals surface area (Å²) in [4.78, 5) is 30.1. The molecule has 0 unspecified atom stereocenters. The molecule has 2 amide bonds. The molecule has 0 bridgehead atoms. The van der Waals surface area contributed by atoms with Gasteiger partial charge in [-0.25, -0.2) is 0 Å². The Morgan fingerprint density at radius 1 is 1.03 bits per heavy atom. The summed E-state index contributed by atoms with van der Waals surface area (Å²) in [5, 5.41) is 3.03. The standard InChI is InChI=1S/C23H33N3O3/c27-21(24-10-13-25-14-16-29-17-15-25)23(8-9-23)22(28)26-11-6-20(7-12-26)18-19-4-2-1-3-5-19/h1-5,20H,6-18H2,(H,24,27). The molecule has 6 heteroatoms. The van der Waals surface area contributed by atoms with Gasteiger partial charge in [0.05, 0.1) is 13.2 Å². The number of carbonyl (C=O) groups is 2. The molecule has 158 valence electrons. The molecule has 3 fully saturated rings. The third kappa shape index (κ3) is 4.98. The van der Waals surface area contributed by atoms with Crippen molar-refractivity contribution in [1.82, 2.24) is 15.1 Å². The van der Waals surface area contributed by atoms with E-state index in [0.717, 1.165) is 65.2 Å². The fourth-order valence-electron chi connectivity index (χ4n) is 4.57. The van der Waals surface area contributed by atoms with E-state index in [-0.39, 0.29) is 11.8 Å². The maximum absolute atomic E-state index is 13.1. The van der Waals surface area contributed by atoms with Gasteiger partial charge in [-0.05, 0) is 43.6 Å². The summed E-state index contributed by atoms with van der Waals surface area (Å²) in [6.45, 7) is 6.33. The summed E-state index contributed by atoms with van der Waals surface area (Å²) in [5.41, 5.74) is 0.590. The third-order valence-electron chi connectivity index (χ3n) is 6.68. The van der Waals surface area contributed by atoms with Crippen molar-refractivity contribution in [3.8, 4) is 0 Å². The van der Waals surface area contributed by atoms with E-state index >= 15 is 0 Å². The van der Waals surface area contributed by atoms with E-state index in [1.54, 1.807) is 0 Å². The first kappa shape index (κ1) is 20.4. The average molecular weight is 400 g/mol. The number of ether oxygens (including phenoxy) is 1. The molecule has 1 N–H and O–H groups in total. The third-order valence-corrected chi connectivity index (χ3v) is 6.68. The zero-order chi connectivity index (χ0) is 20.1. The highest BCUT2D eigenvalue weighted by atomic mass is 16.5. The van der Waals surface area contributed by atoms with E-state index in [1.165, 1.54) is 5.56 Å². The van der Waals surface area contributed by atoms with Gasteiger partial charge in [0.15, 0.2) is 0 Å². The Bertz CT molecular complexity index is 691. The van der Waals surface area contributed by atoms with Crippen LogP contribution < -0.4 is 5.32 Å². The highest BCUT2D eigenvalue weighted by Gasteiger charge is 2.58. The van der Waals surface area contributed by atoms with Crippen LogP contribution in [0.5, 0.6) is 0 Å². The van der Waals surface area contributed by atoms with Crippen molar-refractivity contribution in [2.45, 2.75) is 32.1 Å². The second kappa shape index (κ2) is 9.26. The number of carbonyl (C=O) groups excluding carboxylic acids is 2. The Balaban J connectivity index is 1.22. The molecule has 3 aliphatic rings. The Kier molecular flexibility index (Phi) is 6.50. The quantitative estimate of drug-likeness (QED) is 0.709. The van der Waals surface area contributed by atoms with E-state index in [9.17, 15) is 9.59 Å². The van der Waals surface area contributed by atoms with Crippen molar-refractivity contribution in [2.75, 3.05) is 52.5 Å². The summed E-state index contributed by atoms with van der Waals surface area (Å²) in [5.74, 6) is 0.612. The second-order valence-electron chi connectivity index (χ2n) is 8.72. The van der Waals surface area contributed by atoms with E-state index in [1.807, 2.05) is 11.0 Å². The molecule has 0 radical (unpaired) electrons. The molecule has 29 heavy (non-hydrogen) atoms. The van der Waals surface area contributed by atoms with Crippen molar-refractivity contribution < 1.29 is 14.3 Å². The fraction of sp³-hybridized carbons (Fsp3) is 0.652. The van der Waals surface area contributed by atoms with Gasteiger partial charge in [-0.15, -0.1) is 0 Å². The van der Waals surface area contributed by atoms with Crippen LogP contribution in [0.2, 0.25) is 0 Å². The predicted molar refractivity (Wildman–Crippen MR) is 111 cm³/mol. The summed E-state index contributed by atoms with van der Waals surface area (Å²) in [6, 6.07) is 10.6. The maximum Gasteiger partial charge on any atom is 0.238 e. The SMILES string of the molecule is O=C(NCCN1CCOCC1)C1(C(=O)N2CCC(Cc3ccccc3)CC2)CC1. The van der Waals surface area contributed by atoms with Crippen molar-refractivity contribution in [3.05, 3.63) is 35.9 Å². The van der Waals surface area contributed by atoms with E-state index < -0.39 is 5.41 Å². The molecule has 2 saturated heterocycles. The molecule has 1 aromatic rings. The number of benzene rings is 1. The van der Waals surface area contributed by atoms with Crippen LogP contribution in [-0.4, -0.2) is 74.1 Å². The van der Waals surface area contributed by atoms with E-state index in [4.69, 9.17) is 4.74 Å². The smallest absolute Gasteiger partial charge is 0.238 e. The van der Waals surface area contributed by atoms with Gasteiger partial charge in [0.2, 0.25) is 11.8 Å². The van der Waals surface area contributed by atoms with Gasteiger partial charge in [0, 0.05) is 39.3 Å². The lowest BCUT2D eigenvalue weighted by Gasteiger charge is -2.34. The highest BCUT2D eigenvalue weighted by molar-refractivity contribution is 6.07. The van der Waals surface area contributed by atoms with Crippen molar-refractivity contribution in [2.24, 2.45) is 11.3 Å². The molecule has 0 atom stereocenters. The minimum Gasteiger partial charge on any atom is -0.379 e. The van der Waals surface area contributed by atoms with Gasteiger partial charge in [0.1, 0.15) is 5.41 Å². The van der Waals surface area contributed by atoms with Crippen LogP contribution in [0.3, 0.4) is 0 Å². The predicted octanol–water partition coefficient (Wildman–Crippen LogP) is 1.70. The molecule has 2 heterocycles. The first-order valence-electron chi connectivity index (χ1n) is 11.1. The first-order chi connectivity index (χ1) is 14.2. The zero-order valence-electron chi connectivity index (χ0n) is 17.3. The largest absolute Gasteiger partial charge is 0.379 e. The number of piperidine rings is 1. The maximum atomic E-state index is 13.1. The summed E-state index contributed by atoms with van der Waals surface area (Å²) < 4.78 is 5.35. The molecule has 1 saturated carbocycles. The van der Waals surface area contributed by atoms with Crippen molar-refractivity contribution in [3.63, 3.8) is 0 Å². The number of hydrogen-bond donors (Lipinski definition) is 1. The summed E-state index contributed by atoms with van der Waals surface area (Å²) in [6.07, 6.45) is 4.51. The second-order valence-corrected chi connectivity index (χ2v) is 8.72. The first-order valence-corrected chi connectivity index (χ1v) is 11.1. The molecule has 1 aliphatic carbocycles. The fourth-order valence-corrected chi connectivity index (χ4v) is 4.57. The number of morpholine rings is 1. The highest BCUT2D eigenvalue weighted by Crippen LogP contribution is 2.48. The van der Waals surface area contributed by atoms with Crippen LogP contribution in [-0.2, 0) is 20.7 Å². The number of rotatable bonds is 7. The Hall–Kier alpha value is -1.92. The Morgan fingerprint density at radius 2 is 1.72 bits per heavy atom. The molecular weight excluding hydrogens is 366 g/mol. The summed E-state index contributed by atoms with van der Waals surface area (Å²) >= 11 is 0. The van der Waals surface area contributed by atoms with Crippen LogP contribution >= 0.6 is 0 Å². The topological polar surface area (TPSA) is 61.9 Å². The lowest BCUT2D eigenvalue weighted by molar-refractivity contribution is -0.145. The van der Waals surface area contributed by atoms with Gasteiger partial charge >= 0.3 is 0 Å². The molecule has 2 aliphatic heterocycles. The van der Waals surface area contributed by atoms with Crippen LogP contribution in [0.1, 0.15) is 31.2 Å². The number of likely N-dealkylation sites (tertiary alicyclic amines) is 1. The van der Waals surface area contributed by atoms with Gasteiger partial charge in [-0.1, -0.05) is 30.3 Å². The monoisotopic (exact) mass is 399 g/mol. The molecule has 6 nitrogen and oxygen atoms in total. The lowest BCUT2D eigenvalue weighted by atomic mass is 9.89. The van der Waals surface area contributed by atoms with Crippen molar-refractivity contribution >= 4 is 11.8 Å². The lowest BCUT2D eigenvalue weighted by Crippen LogP contribution is -2.49. The number of hydrogen-bond acceptors (Lipinski definition) is 4. The zero-order valence-corrected chi connectivity index (χ0v) is 17.3. The van der Waals surface area contributed by atoms with E-state index in [0.29, 0.717) is 25.3 Å². The normalized spacial score (nSPS) is 22.3. The van der Waals surface area contributed by atoms with Gasteiger partial charge in [-0.2, -0.15) is 0 Å². The number of amides is 2. The van der Waals surface area contributed by atoms with Gasteiger partial charge < -0.3 is 15.0 Å². The molecular formula is C23H33N3O3. The van der Waals surface area contributed by atoms with Crippen LogP contribution in [0.4, 0.5) is 0 Å². The van der Waals surface area contributed by atoms with E-state index in [2.05, 4.69) is 34.5 Å². The van der Waals surface area contributed by atoms with Gasteiger partial charge in [-0.3, -0.25) is 14.5 Å². The van der Waals surface area contributed by atoms with Crippen LogP contribution in [0, 0.1) is 11.3 Å². The molecule has 0 spiro atoms. The molecule has 1 aromatic carbocycles. The number of nitrogens with zero attached hydrogens (tertiary/aromatic N) is 2. The number of nitrogens with one attached hydrogen (secondary N) is 1. The molecule has 0 aromatic heterocycles. The Labute approximate surface area is 173 Å². The summed E-state index contributed by atoms with van der Waals surface area (Å²) in [7, 11) is 0. The van der Waals surface area contributed by atoms with Crippen molar-refractivity contribution in [1.29, 1.82) is 0 Å². The molecule has 4 rings (SSSR count). The van der Waals surface area contributed by atoms with Crippen LogP contribution in [0.15, 0.2) is 30.3 Å². The average Bonchev–Trinajstić information content (AvgIpc) is 3.57. The minimum absolute atomic E-state index is 0.0551. The Morgan fingerprint density at radius 3 is 2.38 bits per heavy atom. The van der Waals surface area contributed by atoms with Gasteiger partial charge in [0.25, 0.3) is 0 Å². The van der Waals surface area contributed by atoms with Crippen LogP contribution in [0.25, 0.3) is 0 Å². The minimum atomic E-state index is -0.780.